The Labute approximate surface area is 114 Å². The first kappa shape index (κ1) is 16.1. The second-order valence-electron chi connectivity index (χ2n) is 5.09. The summed E-state index contributed by atoms with van der Waals surface area (Å²) in [6.07, 6.45) is 0. The molecule has 19 heavy (non-hydrogen) atoms. The van der Waals surface area contributed by atoms with Gasteiger partial charge in [-0.1, -0.05) is 0 Å². The standard InChI is InChI=1S/C11H22N4O3S/c1-8-9(6-12-4)10(14-13-8)19(16,17)15-11(2,3)7-18-5/h12,15H,6-7H2,1-5H3,(H,13,14). The number of aromatic amines is 1. The molecule has 0 aliphatic heterocycles. The Morgan fingerprint density at radius 3 is 2.58 bits per heavy atom. The van der Waals surface area contributed by atoms with Crippen LogP contribution in [0.1, 0.15) is 25.1 Å². The van der Waals surface area contributed by atoms with E-state index in [-0.39, 0.29) is 11.6 Å². The number of hydrogen-bond acceptors (Lipinski definition) is 5. The second-order valence-corrected chi connectivity index (χ2v) is 6.68. The predicted molar refractivity (Wildman–Crippen MR) is 72.4 cm³/mol. The van der Waals surface area contributed by atoms with Crippen LogP contribution in [0.2, 0.25) is 0 Å². The SMILES string of the molecule is CNCc1c(S(=O)(=O)NC(C)(C)COC)n[nH]c1C. The van der Waals surface area contributed by atoms with E-state index < -0.39 is 15.6 Å². The van der Waals surface area contributed by atoms with Crippen molar-refractivity contribution in [1.29, 1.82) is 0 Å². The molecular weight excluding hydrogens is 268 g/mol. The van der Waals surface area contributed by atoms with Gasteiger partial charge in [-0.2, -0.15) is 5.10 Å². The molecule has 1 aromatic rings. The van der Waals surface area contributed by atoms with Gasteiger partial charge in [-0.15, -0.1) is 0 Å². The van der Waals surface area contributed by atoms with Crippen LogP contribution in [0.3, 0.4) is 0 Å². The molecule has 7 nitrogen and oxygen atoms in total. The fourth-order valence-electron chi connectivity index (χ4n) is 1.84. The largest absolute Gasteiger partial charge is 0.383 e. The molecule has 1 rings (SSSR count). The molecule has 1 aromatic heterocycles. The number of sulfonamides is 1. The lowest BCUT2D eigenvalue weighted by Crippen LogP contribution is -2.47. The smallest absolute Gasteiger partial charge is 0.260 e. The van der Waals surface area contributed by atoms with Crippen molar-refractivity contribution in [3.05, 3.63) is 11.3 Å². The summed E-state index contributed by atoms with van der Waals surface area (Å²) in [7, 11) is -0.401. The Balaban J connectivity index is 3.07. The minimum absolute atomic E-state index is 0.0310. The molecule has 0 aromatic carbocycles. The second kappa shape index (κ2) is 6.00. The summed E-state index contributed by atoms with van der Waals surface area (Å²) < 4.78 is 32.3. The minimum Gasteiger partial charge on any atom is -0.383 e. The number of H-pyrrole nitrogens is 1. The van der Waals surface area contributed by atoms with Gasteiger partial charge in [-0.25, -0.2) is 13.1 Å². The van der Waals surface area contributed by atoms with Crippen LogP contribution in [-0.4, -0.2) is 44.9 Å². The Bertz CT molecular complexity index is 522. The first-order chi connectivity index (χ1) is 8.73. The van der Waals surface area contributed by atoms with Gasteiger partial charge in [-0.3, -0.25) is 5.10 Å². The van der Waals surface area contributed by atoms with E-state index in [1.54, 1.807) is 27.8 Å². The third kappa shape index (κ3) is 4.00. The van der Waals surface area contributed by atoms with Gasteiger partial charge in [0.05, 0.1) is 12.1 Å². The van der Waals surface area contributed by atoms with Gasteiger partial charge in [-0.05, 0) is 27.8 Å². The summed E-state index contributed by atoms with van der Waals surface area (Å²) in [6, 6.07) is 0. The van der Waals surface area contributed by atoms with Crippen LogP contribution >= 0.6 is 0 Å². The molecule has 0 fully saturated rings. The quantitative estimate of drug-likeness (QED) is 0.664. The third-order valence-electron chi connectivity index (χ3n) is 2.56. The van der Waals surface area contributed by atoms with Gasteiger partial charge in [0, 0.05) is 24.9 Å². The Morgan fingerprint density at radius 2 is 2.05 bits per heavy atom. The molecule has 0 spiro atoms. The molecule has 0 bridgehead atoms. The topological polar surface area (TPSA) is 96.1 Å². The van der Waals surface area contributed by atoms with Crippen molar-refractivity contribution in [2.75, 3.05) is 20.8 Å². The van der Waals surface area contributed by atoms with Crippen LogP contribution in [0.25, 0.3) is 0 Å². The molecule has 3 N–H and O–H groups in total. The molecule has 0 aliphatic carbocycles. The van der Waals surface area contributed by atoms with Crippen molar-refractivity contribution >= 4 is 10.0 Å². The number of methoxy groups -OCH3 is 1. The zero-order valence-corrected chi connectivity index (χ0v) is 12.8. The highest BCUT2D eigenvalue weighted by Crippen LogP contribution is 2.18. The van der Waals surface area contributed by atoms with Gasteiger partial charge in [0.15, 0.2) is 5.03 Å². The van der Waals surface area contributed by atoms with E-state index in [1.165, 1.54) is 7.11 Å². The first-order valence-electron chi connectivity index (χ1n) is 5.95. The van der Waals surface area contributed by atoms with E-state index in [0.29, 0.717) is 12.1 Å². The zero-order chi connectivity index (χ0) is 14.7. The highest BCUT2D eigenvalue weighted by molar-refractivity contribution is 7.89. The summed E-state index contributed by atoms with van der Waals surface area (Å²) in [5, 5.41) is 9.57. The lowest BCUT2D eigenvalue weighted by Gasteiger charge is -2.24. The average molecular weight is 290 g/mol. The van der Waals surface area contributed by atoms with E-state index in [2.05, 4.69) is 20.2 Å². The van der Waals surface area contributed by atoms with Gasteiger partial charge in [0.1, 0.15) is 0 Å². The molecular formula is C11H22N4O3S. The normalized spacial score (nSPS) is 12.9. The summed E-state index contributed by atoms with van der Waals surface area (Å²) in [6.45, 7) is 6.01. The minimum atomic E-state index is -3.68. The summed E-state index contributed by atoms with van der Waals surface area (Å²) >= 11 is 0. The number of nitrogens with zero attached hydrogens (tertiary/aromatic N) is 1. The van der Waals surface area contributed by atoms with Crippen LogP contribution in [0.15, 0.2) is 5.03 Å². The summed E-state index contributed by atoms with van der Waals surface area (Å²) in [5.74, 6) is 0. The molecule has 1 heterocycles. The molecule has 0 amide bonds. The van der Waals surface area contributed by atoms with Crippen LogP contribution in [0, 0.1) is 6.92 Å². The van der Waals surface area contributed by atoms with Crippen molar-refractivity contribution < 1.29 is 13.2 Å². The number of nitrogens with one attached hydrogen (secondary N) is 3. The van der Waals surface area contributed by atoms with E-state index in [4.69, 9.17) is 4.74 Å². The van der Waals surface area contributed by atoms with Crippen molar-refractivity contribution in [2.45, 2.75) is 37.9 Å². The maximum Gasteiger partial charge on any atom is 0.260 e. The maximum absolute atomic E-state index is 12.4. The third-order valence-corrected chi connectivity index (χ3v) is 4.23. The summed E-state index contributed by atoms with van der Waals surface area (Å²) in [4.78, 5) is 0. The van der Waals surface area contributed by atoms with E-state index in [1.807, 2.05) is 0 Å². The van der Waals surface area contributed by atoms with Gasteiger partial charge < -0.3 is 10.1 Å². The predicted octanol–water partition coefficient (Wildman–Crippen LogP) is 0.141. The number of rotatable bonds is 7. The summed E-state index contributed by atoms with van der Waals surface area (Å²) in [5.41, 5.74) is 0.680. The van der Waals surface area contributed by atoms with Gasteiger partial charge >= 0.3 is 0 Å². The highest BCUT2D eigenvalue weighted by atomic mass is 32.2. The Kier molecular flexibility index (Phi) is 5.08. The molecule has 0 saturated heterocycles. The molecule has 0 radical (unpaired) electrons. The van der Waals surface area contributed by atoms with E-state index in [9.17, 15) is 8.42 Å². The van der Waals surface area contributed by atoms with E-state index >= 15 is 0 Å². The average Bonchev–Trinajstić information content (AvgIpc) is 2.60. The molecule has 8 heteroatoms. The number of aromatic nitrogens is 2. The Morgan fingerprint density at radius 1 is 1.42 bits per heavy atom. The fourth-order valence-corrected chi connectivity index (χ4v) is 3.44. The number of aryl methyl sites for hydroxylation is 1. The fraction of sp³-hybridized carbons (Fsp3) is 0.727. The number of hydrogen-bond donors (Lipinski definition) is 3. The highest BCUT2D eigenvalue weighted by Gasteiger charge is 2.30. The van der Waals surface area contributed by atoms with Crippen LogP contribution in [0.4, 0.5) is 0 Å². The zero-order valence-electron chi connectivity index (χ0n) is 12.0. The molecule has 0 atom stereocenters. The monoisotopic (exact) mass is 290 g/mol. The van der Waals surface area contributed by atoms with Gasteiger partial charge in [0.2, 0.25) is 0 Å². The lowest BCUT2D eigenvalue weighted by molar-refractivity contribution is 0.141. The van der Waals surface area contributed by atoms with Crippen molar-refractivity contribution in [3.63, 3.8) is 0 Å². The van der Waals surface area contributed by atoms with Gasteiger partial charge in [0.25, 0.3) is 10.0 Å². The molecule has 0 unspecified atom stereocenters. The van der Waals surface area contributed by atoms with Crippen LogP contribution < -0.4 is 10.0 Å². The van der Waals surface area contributed by atoms with Crippen molar-refractivity contribution in [1.82, 2.24) is 20.2 Å². The molecule has 0 saturated carbocycles. The van der Waals surface area contributed by atoms with Crippen molar-refractivity contribution in [2.24, 2.45) is 0 Å². The van der Waals surface area contributed by atoms with E-state index in [0.717, 1.165) is 5.69 Å². The van der Waals surface area contributed by atoms with Crippen LogP contribution in [0.5, 0.6) is 0 Å². The first-order valence-corrected chi connectivity index (χ1v) is 7.43. The molecule has 110 valence electrons. The Hall–Kier alpha value is -0.960. The van der Waals surface area contributed by atoms with Crippen LogP contribution in [-0.2, 0) is 21.3 Å². The van der Waals surface area contributed by atoms with Crippen molar-refractivity contribution in [3.8, 4) is 0 Å². The lowest BCUT2D eigenvalue weighted by atomic mass is 10.1. The number of ether oxygens (including phenoxy) is 1. The molecule has 0 aliphatic rings. The maximum atomic E-state index is 12.4.